The van der Waals surface area contributed by atoms with Gasteiger partial charge in [-0.2, -0.15) is 0 Å². The molecule has 0 aliphatic carbocycles. The minimum atomic E-state index is -0.998. The second-order valence-corrected chi connectivity index (χ2v) is 6.19. The van der Waals surface area contributed by atoms with E-state index >= 15 is 0 Å². The Morgan fingerprint density at radius 3 is 2.74 bits per heavy atom. The van der Waals surface area contributed by atoms with Crippen LogP contribution in [0, 0.1) is 6.92 Å². The highest BCUT2D eigenvalue weighted by atomic mass is 16.5. The van der Waals surface area contributed by atoms with Gasteiger partial charge in [0.05, 0.1) is 17.2 Å². The third kappa shape index (κ3) is 4.38. The number of nitrogens with one attached hydrogen (secondary N) is 1. The first-order valence-corrected chi connectivity index (χ1v) is 8.45. The first-order chi connectivity index (χ1) is 12.9. The van der Waals surface area contributed by atoms with Crippen LogP contribution in [-0.4, -0.2) is 27.5 Å². The number of amides is 1. The summed E-state index contributed by atoms with van der Waals surface area (Å²) in [6.45, 7) is 3.07. The van der Waals surface area contributed by atoms with Crippen molar-refractivity contribution >= 4 is 28.5 Å². The number of carbonyl (C=O) groups excluding carboxylic acids is 2. The van der Waals surface area contributed by atoms with Crippen molar-refractivity contribution in [3.63, 3.8) is 0 Å². The van der Waals surface area contributed by atoms with Crippen LogP contribution in [0.3, 0.4) is 0 Å². The lowest BCUT2D eigenvalue weighted by Crippen LogP contribution is -2.33. The van der Waals surface area contributed by atoms with Crippen LogP contribution in [0.25, 0.3) is 10.9 Å². The molecule has 1 heterocycles. The number of esters is 1. The van der Waals surface area contributed by atoms with Crippen molar-refractivity contribution in [2.45, 2.75) is 26.5 Å². The van der Waals surface area contributed by atoms with Crippen LogP contribution in [-0.2, 0) is 20.9 Å². The van der Waals surface area contributed by atoms with E-state index in [2.05, 4.69) is 10.3 Å². The lowest BCUT2D eigenvalue weighted by Gasteiger charge is -2.14. The van der Waals surface area contributed by atoms with Crippen molar-refractivity contribution in [2.75, 3.05) is 5.32 Å². The molecule has 1 aromatic heterocycles. The molecule has 0 aliphatic rings. The predicted molar refractivity (Wildman–Crippen MR) is 101 cm³/mol. The molecule has 0 bridgehead atoms. The molecule has 1 unspecified atom stereocenters. The average Bonchev–Trinajstić information content (AvgIpc) is 2.64. The first-order valence-electron chi connectivity index (χ1n) is 8.45. The Morgan fingerprint density at radius 2 is 1.96 bits per heavy atom. The zero-order valence-corrected chi connectivity index (χ0v) is 15.0. The van der Waals surface area contributed by atoms with Gasteiger partial charge in [0, 0.05) is 5.69 Å². The smallest absolute Gasteiger partial charge is 0.326 e. The Kier molecular flexibility index (Phi) is 5.30. The summed E-state index contributed by atoms with van der Waals surface area (Å²) in [7, 11) is 0. The van der Waals surface area contributed by atoms with Crippen LogP contribution in [0.15, 0.2) is 59.7 Å². The predicted octanol–water partition coefficient (Wildman–Crippen LogP) is 2.28. The number of hydrogen-bond acceptors (Lipinski definition) is 5. The summed E-state index contributed by atoms with van der Waals surface area (Å²) in [4.78, 5) is 40.9. The number of fused-ring (bicyclic) bond motifs is 1. The van der Waals surface area contributed by atoms with Crippen molar-refractivity contribution in [1.82, 2.24) is 9.55 Å². The second kappa shape index (κ2) is 7.82. The molecule has 138 valence electrons. The number of nitrogens with zero attached hydrogens (tertiary/aromatic N) is 2. The molecule has 0 aliphatic heterocycles. The van der Waals surface area contributed by atoms with E-state index in [1.165, 1.54) is 13.3 Å². The largest absolute Gasteiger partial charge is 0.451 e. The number of ether oxygens (including phenoxy) is 1. The molecule has 2 aromatic carbocycles. The van der Waals surface area contributed by atoms with Crippen LogP contribution >= 0.6 is 0 Å². The highest BCUT2D eigenvalue weighted by molar-refractivity contribution is 5.95. The average molecular weight is 365 g/mol. The van der Waals surface area contributed by atoms with E-state index in [-0.39, 0.29) is 12.1 Å². The van der Waals surface area contributed by atoms with Crippen LogP contribution in [0.5, 0.6) is 0 Å². The third-order valence-electron chi connectivity index (χ3n) is 3.99. The zero-order valence-electron chi connectivity index (χ0n) is 15.0. The van der Waals surface area contributed by atoms with E-state index in [4.69, 9.17) is 4.74 Å². The van der Waals surface area contributed by atoms with E-state index in [1.54, 1.807) is 30.3 Å². The first kappa shape index (κ1) is 18.3. The van der Waals surface area contributed by atoms with Gasteiger partial charge in [-0.15, -0.1) is 0 Å². The summed E-state index contributed by atoms with van der Waals surface area (Å²) in [6, 6.07) is 14.2. The van der Waals surface area contributed by atoms with E-state index < -0.39 is 18.0 Å². The van der Waals surface area contributed by atoms with Gasteiger partial charge in [-0.05, 0) is 43.7 Å². The summed E-state index contributed by atoms with van der Waals surface area (Å²) in [5, 5.41) is 3.11. The molecular weight excluding hydrogens is 346 g/mol. The number of hydrogen-bond donors (Lipinski definition) is 1. The molecule has 7 heteroatoms. The number of aromatic nitrogens is 2. The molecule has 0 saturated heterocycles. The van der Waals surface area contributed by atoms with Crippen molar-refractivity contribution in [2.24, 2.45) is 0 Å². The molecule has 3 rings (SSSR count). The van der Waals surface area contributed by atoms with Crippen LogP contribution in [0.2, 0.25) is 0 Å². The Morgan fingerprint density at radius 1 is 1.19 bits per heavy atom. The second-order valence-electron chi connectivity index (χ2n) is 6.19. The van der Waals surface area contributed by atoms with Gasteiger partial charge in [0.1, 0.15) is 6.54 Å². The van der Waals surface area contributed by atoms with Crippen LogP contribution in [0.4, 0.5) is 5.69 Å². The minimum absolute atomic E-state index is 0.321. The SMILES string of the molecule is Cc1cccc(NC(=O)C(C)OC(=O)Cn2cnc3ccccc3c2=O)c1. The summed E-state index contributed by atoms with van der Waals surface area (Å²) >= 11 is 0. The molecular formula is C20H19N3O4. The fraction of sp³-hybridized carbons (Fsp3) is 0.200. The molecule has 1 amide bonds. The molecule has 0 fully saturated rings. The molecule has 0 radical (unpaired) electrons. The van der Waals surface area contributed by atoms with Gasteiger partial charge in [-0.1, -0.05) is 24.3 Å². The van der Waals surface area contributed by atoms with Gasteiger partial charge in [-0.25, -0.2) is 4.98 Å². The van der Waals surface area contributed by atoms with Gasteiger partial charge in [-0.3, -0.25) is 19.0 Å². The summed E-state index contributed by atoms with van der Waals surface area (Å²) in [6.07, 6.45) is 0.297. The maximum absolute atomic E-state index is 12.4. The topological polar surface area (TPSA) is 90.3 Å². The van der Waals surface area contributed by atoms with E-state index in [0.717, 1.165) is 10.1 Å². The third-order valence-corrected chi connectivity index (χ3v) is 3.99. The fourth-order valence-corrected chi connectivity index (χ4v) is 2.61. The number of carbonyl (C=O) groups is 2. The molecule has 27 heavy (non-hydrogen) atoms. The Hall–Kier alpha value is -3.48. The van der Waals surface area contributed by atoms with Crippen molar-refractivity contribution in [3.05, 3.63) is 70.8 Å². The lowest BCUT2D eigenvalue weighted by molar-refractivity contribution is -0.153. The van der Waals surface area contributed by atoms with Crippen molar-refractivity contribution in [1.29, 1.82) is 0 Å². The standard InChI is InChI=1S/C20H19N3O4/c1-13-6-5-7-15(10-13)22-19(25)14(2)27-18(24)11-23-12-21-17-9-4-3-8-16(17)20(23)26/h3-10,12,14H,11H2,1-2H3,(H,22,25). The van der Waals surface area contributed by atoms with Crippen molar-refractivity contribution < 1.29 is 14.3 Å². The fourth-order valence-electron chi connectivity index (χ4n) is 2.61. The highest BCUT2D eigenvalue weighted by Crippen LogP contribution is 2.10. The van der Waals surface area contributed by atoms with Gasteiger partial charge in [0.2, 0.25) is 0 Å². The highest BCUT2D eigenvalue weighted by Gasteiger charge is 2.19. The molecule has 1 N–H and O–H groups in total. The summed E-state index contributed by atoms with van der Waals surface area (Å²) < 4.78 is 6.31. The zero-order chi connectivity index (χ0) is 19.4. The number of benzene rings is 2. The van der Waals surface area contributed by atoms with Crippen LogP contribution < -0.4 is 10.9 Å². The molecule has 0 spiro atoms. The maximum atomic E-state index is 12.4. The maximum Gasteiger partial charge on any atom is 0.326 e. The van der Waals surface area contributed by atoms with E-state index in [1.807, 2.05) is 25.1 Å². The molecule has 0 saturated carbocycles. The Balaban J connectivity index is 1.64. The summed E-state index contributed by atoms with van der Waals surface area (Å²) in [5.74, 6) is -1.14. The van der Waals surface area contributed by atoms with Gasteiger partial charge >= 0.3 is 5.97 Å². The van der Waals surface area contributed by atoms with Crippen molar-refractivity contribution in [3.8, 4) is 0 Å². The van der Waals surface area contributed by atoms with Gasteiger partial charge in [0.25, 0.3) is 11.5 Å². The van der Waals surface area contributed by atoms with E-state index in [0.29, 0.717) is 16.6 Å². The lowest BCUT2D eigenvalue weighted by atomic mass is 10.2. The molecule has 7 nitrogen and oxygen atoms in total. The van der Waals surface area contributed by atoms with Gasteiger partial charge in [0.15, 0.2) is 6.10 Å². The minimum Gasteiger partial charge on any atom is -0.451 e. The molecule has 1 atom stereocenters. The summed E-state index contributed by atoms with van der Waals surface area (Å²) in [5.41, 5.74) is 1.84. The quantitative estimate of drug-likeness (QED) is 0.701. The number of anilines is 1. The van der Waals surface area contributed by atoms with E-state index in [9.17, 15) is 14.4 Å². The van der Waals surface area contributed by atoms with Gasteiger partial charge < -0.3 is 10.1 Å². The van der Waals surface area contributed by atoms with Crippen LogP contribution in [0.1, 0.15) is 12.5 Å². The number of rotatable bonds is 5. The normalized spacial score (nSPS) is 11.8. The number of para-hydroxylation sites is 1. The Labute approximate surface area is 155 Å². The number of aryl methyl sites for hydroxylation is 1. The Bertz CT molecular complexity index is 1060. The molecule has 3 aromatic rings. The monoisotopic (exact) mass is 365 g/mol.